The van der Waals surface area contributed by atoms with Gasteiger partial charge in [0.1, 0.15) is 6.10 Å². The van der Waals surface area contributed by atoms with E-state index in [-0.39, 0.29) is 17.6 Å². The molecule has 5 nitrogen and oxygen atoms in total. The summed E-state index contributed by atoms with van der Waals surface area (Å²) in [5, 5.41) is -0.158. The molecule has 5 rings (SSSR count). The van der Waals surface area contributed by atoms with Crippen molar-refractivity contribution in [2.45, 2.75) is 88.5 Å². The normalized spacial score (nSPS) is 25.7. The van der Waals surface area contributed by atoms with Gasteiger partial charge in [-0.1, -0.05) is 112 Å². The molecule has 2 aliphatic rings. The summed E-state index contributed by atoms with van der Waals surface area (Å²) in [6.45, 7) is 11.3. The van der Waals surface area contributed by atoms with E-state index in [1.165, 1.54) is 24.3 Å². The highest BCUT2D eigenvalue weighted by Crippen LogP contribution is 2.67. The average molecular weight is 672 g/mol. The number of fused-ring (bicyclic) bond motifs is 1. The summed E-state index contributed by atoms with van der Waals surface area (Å²) in [4.78, 5) is 15.9. The van der Waals surface area contributed by atoms with Crippen molar-refractivity contribution in [2.24, 2.45) is 11.3 Å². The lowest BCUT2D eigenvalue weighted by atomic mass is 9.92. The third-order valence-corrected chi connectivity index (χ3v) is 15.0. The molecular weight excluding hydrogens is 626 g/mol. The summed E-state index contributed by atoms with van der Waals surface area (Å²) in [7, 11) is -1.54. The van der Waals surface area contributed by atoms with Crippen molar-refractivity contribution >= 4 is 14.3 Å². The fourth-order valence-electron chi connectivity index (χ4n) is 6.76. The molecule has 6 atom stereocenters. The van der Waals surface area contributed by atoms with Gasteiger partial charge in [0, 0.05) is 43.8 Å². The number of alkyl halides is 4. The molecule has 3 aromatic carbocycles. The van der Waals surface area contributed by atoms with Crippen LogP contribution >= 0.6 is 0 Å². The second-order valence-corrected chi connectivity index (χ2v) is 19.3. The zero-order valence-electron chi connectivity index (χ0n) is 27.9. The van der Waals surface area contributed by atoms with E-state index in [0.717, 1.165) is 18.2 Å². The predicted molar refractivity (Wildman–Crippen MR) is 176 cm³/mol. The molecule has 3 aromatic rings. The topological polar surface area (TPSA) is 48.0 Å². The largest absolute Gasteiger partial charge is 0.456 e. The van der Waals surface area contributed by atoms with Gasteiger partial charge in [0.2, 0.25) is 0 Å². The highest BCUT2D eigenvalue weighted by atomic mass is 28.4. The van der Waals surface area contributed by atoms with Gasteiger partial charge in [-0.2, -0.15) is 13.2 Å². The van der Waals surface area contributed by atoms with Crippen molar-refractivity contribution in [1.82, 2.24) is 4.90 Å². The first kappa shape index (κ1) is 35.3. The Hall–Kier alpha value is -3.05. The van der Waals surface area contributed by atoms with Gasteiger partial charge in [-0.15, -0.1) is 0 Å². The number of esters is 1. The van der Waals surface area contributed by atoms with E-state index < -0.39 is 55.4 Å². The van der Waals surface area contributed by atoms with Gasteiger partial charge in [-0.3, -0.25) is 4.90 Å². The lowest BCUT2D eigenvalue weighted by Crippen LogP contribution is -2.54. The van der Waals surface area contributed by atoms with Gasteiger partial charge in [-0.05, 0) is 41.6 Å². The molecule has 0 aromatic heterocycles. The van der Waals surface area contributed by atoms with Crippen molar-refractivity contribution in [3.63, 3.8) is 0 Å². The van der Waals surface area contributed by atoms with Crippen LogP contribution in [0.5, 0.6) is 0 Å². The van der Waals surface area contributed by atoms with E-state index in [0.29, 0.717) is 19.5 Å². The quantitative estimate of drug-likeness (QED) is 0.110. The van der Waals surface area contributed by atoms with Gasteiger partial charge in [0.05, 0.1) is 0 Å². The van der Waals surface area contributed by atoms with Crippen molar-refractivity contribution in [3.8, 4) is 0 Å². The third-order valence-electron chi connectivity index (χ3n) is 10.6. The zero-order valence-corrected chi connectivity index (χ0v) is 28.9. The minimum atomic E-state index is -5.18. The maximum atomic E-state index is 17.2. The molecule has 0 N–H and O–H groups in total. The summed E-state index contributed by atoms with van der Waals surface area (Å²) in [5.74, 6) is -1.98. The average Bonchev–Trinajstić information content (AvgIpc) is 3.68. The van der Waals surface area contributed by atoms with E-state index in [4.69, 9.17) is 13.9 Å². The molecule has 10 heteroatoms. The lowest BCUT2D eigenvalue weighted by Gasteiger charge is -2.39. The number of ether oxygens (including phenoxy) is 2. The van der Waals surface area contributed by atoms with Crippen LogP contribution in [-0.2, 0) is 37.4 Å². The predicted octanol–water partition coefficient (Wildman–Crippen LogP) is 8.45. The Balaban J connectivity index is 1.54. The number of benzene rings is 3. The number of carbonyl (C=O) groups excluding carboxylic acids is 1. The van der Waals surface area contributed by atoms with Crippen LogP contribution in [0.1, 0.15) is 43.9 Å². The Morgan fingerprint density at radius 2 is 1.36 bits per heavy atom. The van der Waals surface area contributed by atoms with Gasteiger partial charge in [-0.25, -0.2) is 9.18 Å². The van der Waals surface area contributed by atoms with Crippen LogP contribution in [0.2, 0.25) is 18.1 Å². The van der Waals surface area contributed by atoms with E-state index >= 15 is 4.39 Å². The van der Waals surface area contributed by atoms with Gasteiger partial charge in [0.25, 0.3) is 5.60 Å². The number of halogens is 4. The number of hydrogen-bond acceptors (Lipinski definition) is 5. The fraction of sp³-hybridized carbons (Fsp3) is 0.486. The first-order valence-electron chi connectivity index (χ1n) is 16.1. The van der Waals surface area contributed by atoms with Crippen LogP contribution in [0.3, 0.4) is 0 Å². The summed E-state index contributed by atoms with van der Waals surface area (Å²) in [5.41, 5.74) is -2.90. The molecule has 6 unspecified atom stereocenters. The maximum absolute atomic E-state index is 17.2. The molecule has 2 fully saturated rings. The highest BCUT2D eigenvalue weighted by Gasteiger charge is 2.76. The molecule has 0 spiro atoms. The van der Waals surface area contributed by atoms with Crippen molar-refractivity contribution in [1.29, 1.82) is 0 Å². The summed E-state index contributed by atoms with van der Waals surface area (Å²) >= 11 is 0. The molecule has 254 valence electrons. The number of methoxy groups -OCH3 is 1. The molecule has 0 saturated heterocycles. The fourth-order valence-corrected chi connectivity index (χ4v) is 7.82. The number of nitrogens with zero attached hydrogens (tertiary/aromatic N) is 1. The molecule has 0 amide bonds. The molecule has 0 aliphatic heterocycles. The highest BCUT2D eigenvalue weighted by molar-refractivity contribution is 6.74. The molecule has 0 bridgehead atoms. The van der Waals surface area contributed by atoms with E-state index in [1.54, 1.807) is 6.07 Å². The maximum Gasteiger partial charge on any atom is 0.432 e. The van der Waals surface area contributed by atoms with E-state index in [2.05, 4.69) is 33.9 Å². The summed E-state index contributed by atoms with van der Waals surface area (Å²) in [6, 6.07) is 25.3. The SMILES string of the molecule is COC(C(=O)OC1C(F)C(N(Cc2ccccc2)Cc2ccccc2)C2CC21CO[Si](C)(C)C(C)(C)C)(c1ccccc1)C(F)(F)F. The summed E-state index contributed by atoms with van der Waals surface area (Å²) < 4.78 is 79.2. The number of rotatable bonds is 12. The van der Waals surface area contributed by atoms with Gasteiger partial charge in [0.15, 0.2) is 14.5 Å². The second kappa shape index (κ2) is 13.1. The Morgan fingerprint density at radius 3 is 1.81 bits per heavy atom. The lowest BCUT2D eigenvalue weighted by molar-refractivity contribution is -0.280. The second-order valence-electron chi connectivity index (χ2n) is 14.5. The minimum absolute atomic E-state index is 0.0882. The Labute approximate surface area is 276 Å². The minimum Gasteiger partial charge on any atom is -0.456 e. The Kier molecular flexibility index (Phi) is 9.83. The first-order chi connectivity index (χ1) is 22.1. The molecule has 2 aliphatic carbocycles. The van der Waals surface area contributed by atoms with E-state index in [9.17, 15) is 18.0 Å². The number of carbonyl (C=O) groups is 1. The first-order valence-corrected chi connectivity index (χ1v) is 19.0. The Bertz CT molecular complexity index is 1460. The van der Waals surface area contributed by atoms with Crippen LogP contribution < -0.4 is 0 Å². The van der Waals surface area contributed by atoms with Crippen LogP contribution in [-0.4, -0.2) is 57.4 Å². The van der Waals surface area contributed by atoms with Crippen LogP contribution in [0.25, 0.3) is 0 Å². The molecule has 47 heavy (non-hydrogen) atoms. The molecule has 0 heterocycles. The van der Waals surface area contributed by atoms with Crippen LogP contribution in [0.15, 0.2) is 91.0 Å². The van der Waals surface area contributed by atoms with E-state index in [1.807, 2.05) is 65.6 Å². The monoisotopic (exact) mass is 671 g/mol. The van der Waals surface area contributed by atoms with Crippen molar-refractivity contribution in [2.75, 3.05) is 13.7 Å². The third kappa shape index (κ3) is 6.66. The van der Waals surface area contributed by atoms with Gasteiger partial charge >= 0.3 is 12.1 Å². The molecule has 0 radical (unpaired) electrons. The van der Waals surface area contributed by atoms with Crippen molar-refractivity contribution in [3.05, 3.63) is 108 Å². The summed E-state index contributed by atoms with van der Waals surface area (Å²) in [6.07, 6.45) is -7.96. The smallest absolute Gasteiger partial charge is 0.432 e. The molecule has 2 saturated carbocycles. The van der Waals surface area contributed by atoms with Crippen LogP contribution in [0.4, 0.5) is 17.6 Å². The zero-order chi connectivity index (χ0) is 34.3. The standard InChI is InChI=1S/C37H45F4NO4Si/c1-34(2,3)47(5,6)45-25-35-22-29(35)31(42(23-26-16-10-7-11-17-26)24-27-18-12-8-13-19-27)30(38)32(35)46-33(43)36(44-4,37(39,40)41)28-20-14-9-15-21-28/h7-21,29-32H,22-25H2,1-6H3. The Morgan fingerprint density at radius 1 is 0.872 bits per heavy atom. The van der Waals surface area contributed by atoms with Gasteiger partial charge < -0.3 is 13.9 Å². The van der Waals surface area contributed by atoms with Crippen LogP contribution in [0, 0.1) is 11.3 Å². The molecular formula is C37H45F4NO4Si. The van der Waals surface area contributed by atoms with Crippen molar-refractivity contribution < 1.29 is 36.3 Å². The number of hydrogen-bond donors (Lipinski definition) is 0.